The number of ketones is 1. The Morgan fingerprint density at radius 1 is 0.871 bits per heavy atom. The van der Waals surface area contributed by atoms with Crippen molar-refractivity contribution in [3.8, 4) is 0 Å². The molecule has 0 rings (SSSR count). The van der Waals surface area contributed by atoms with Gasteiger partial charge in [-0.3, -0.25) is 14.4 Å². The lowest BCUT2D eigenvalue weighted by Crippen LogP contribution is -2.45. The van der Waals surface area contributed by atoms with Crippen LogP contribution in [0.5, 0.6) is 0 Å². The van der Waals surface area contributed by atoms with Gasteiger partial charge in [-0.15, -0.1) is 0 Å². The van der Waals surface area contributed by atoms with E-state index in [0.29, 0.717) is 6.42 Å². The van der Waals surface area contributed by atoms with E-state index in [0.717, 1.165) is 19.3 Å². The van der Waals surface area contributed by atoms with E-state index in [9.17, 15) is 22.8 Å². The zero-order chi connectivity index (χ0) is 23.7. The number of unbranched alkanes of at least 4 members (excludes halogenated alkanes) is 10. The number of nitrogens with two attached hydrogens (primary N) is 1. The zero-order valence-electron chi connectivity index (χ0n) is 19.5. The first kappa shape index (κ1) is 29.5. The number of rotatable bonds is 20. The number of hydrogen-bond acceptors (Lipinski definition) is 6. The topological polar surface area (TPSA) is 133 Å². The molecule has 0 spiro atoms. The van der Waals surface area contributed by atoms with E-state index in [1.54, 1.807) is 0 Å². The second-order valence-electron chi connectivity index (χ2n) is 8.29. The van der Waals surface area contributed by atoms with Crippen molar-refractivity contribution in [1.29, 1.82) is 0 Å². The molecule has 0 heterocycles. The van der Waals surface area contributed by atoms with Crippen molar-refractivity contribution in [3.63, 3.8) is 0 Å². The molecule has 0 aromatic heterocycles. The highest BCUT2D eigenvalue weighted by molar-refractivity contribution is 7.89. The molecule has 2 atom stereocenters. The van der Waals surface area contributed by atoms with E-state index in [-0.39, 0.29) is 12.2 Å². The third-order valence-electron chi connectivity index (χ3n) is 5.24. The molecule has 0 aliphatic carbocycles. The monoisotopic (exact) mass is 462 g/mol. The molecule has 31 heavy (non-hydrogen) atoms. The standard InChI is InChI=1S/C22H42N2O6S/c1-4-5-6-7-8-9-10-11-12-13-14-15-31(28,29)24-19(17-21(23)26)20(25)16-18(2)22(27)30-3/h18-19,24H,4-17H2,1-3H3,(H2,23,26)/t18-,19-/m1/s1. The molecule has 8 nitrogen and oxygen atoms in total. The van der Waals surface area contributed by atoms with Gasteiger partial charge < -0.3 is 10.5 Å². The van der Waals surface area contributed by atoms with Crippen molar-refractivity contribution in [1.82, 2.24) is 4.72 Å². The van der Waals surface area contributed by atoms with Crippen molar-refractivity contribution in [2.75, 3.05) is 12.9 Å². The van der Waals surface area contributed by atoms with Gasteiger partial charge >= 0.3 is 5.97 Å². The van der Waals surface area contributed by atoms with Crippen LogP contribution in [0.3, 0.4) is 0 Å². The lowest BCUT2D eigenvalue weighted by Gasteiger charge is -2.18. The van der Waals surface area contributed by atoms with Crippen LogP contribution in [-0.4, -0.2) is 45.0 Å². The molecule has 0 aliphatic heterocycles. The third kappa shape index (κ3) is 15.9. The highest BCUT2D eigenvalue weighted by Gasteiger charge is 2.28. The van der Waals surface area contributed by atoms with Crippen molar-refractivity contribution < 1.29 is 27.5 Å². The number of ether oxygens (including phenoxy) is 1. The molecule has 0 unspecified atom stereocenters. The van der Waals surface area contributed by atoms with Crippen LogP contribution < -0.4 is 10.5 Å². The number of sulfonamides is 1. The molecule has 0 aromatic rings. The quantitative estimate of drug-likeness (QED) is 0.211. The van der Waals surface area contributed by atoms with Crippen molar-refractivity contribution in [2.24, 2.45) is 11.7 Å². The van der Waals surface area contributed by atoms with Gasteiger partial charge in [-0.1, -0.05) is 78.1 Å². The maximum Gasteiger partial charge on any atom is 0.308 e. The fraction of sp³-hybridized carbons (Fsp3) is 0.864. The van der Waals surface area contributed by atoms with E-state index in [2.05, 4.69) is 16.4 Å². The summed E-state index contributed by atoms with van der Waals surface area (Å²) in [6.07, 6.45) is 11.5. The van der Waals surface area contributed by atoms with Crippen LogP contribution in [0.25, 0.3) is 0 Å². The van der Waals surface area contributed by atoms with Crippen LogP contribution in [0.15, 0.2) is 0 Å². The fourth-order valence-corrected chi connectivity index (χ4v) is 4.73. The number of carbonyl (C=O) groups is 3. The second kappa shape index (κ2) is 17.1. The van der Waals surface area contributed by atoms with Gasteiger partial charge in [0.1, 0.15) is 0 Å². The van der Waals surface area contributed by atoms with Crippen LogP contribution >= 0.6 is 0 Å². The third-order valence-corrected chi connectivity index (χ3v) is 6.71. The number of esters is 1. The molecule has 0 aromatic carbocycles. The summed E-state index contributed by atoms with van der Waals surface area (Å²) in [5, 5.41) is 0. The number of methoxy groups -OCH3 is 1. The van der Waals surface area contributed by atoms with Crippen LogP contribution in [0.4, 0.5) is 0 Å². The number of hydrogen-bond donors (Lipinski definition) is 2. The molecule has 182 valence electrons. The Balaban J connectivity index is 4.30. The summed E-state index contributed by atoms with van der Waals surface area (Å²) in [7, 11) is -2.53. The average molecular weight is 463 g/mol. The fourth-order valence-electron chi connectivity index (χ4n) is 3.38. The molecule has 3 N–H and O–H groups in total. The smallest absolute Gasteiger partial charge is 0.308 e. The second-order valence-corrected chi connectivity index (χ2v) is 10.2. The van der Waals surface area contributed by atoms with Gasteiger partial charge in [-0.25, -0.2) is 13.1 Å². The van der Waals surface area contributed by atoms with Gasteiger partial charge in [0, 0.05) is 12.8 Å². The van der Waals surface area contributed by atoms with Crippen LogP contribution in [-0.2, 0) is 29.1 Å². The summed E-state index contributed by atoms with van der Waals surface area (Å²) in [4.78, 5) is 35.2. The molecule has 1 amide bonds. The molecular weight excluding hydrogens is 420 g/mol. The zero-order valence-corrected chi connectivity index (χ0v) is 20.3. The highest BCUT2D eigenvalue weighted by atomic mass is 32.2. The van der Waals surface area contributed by atoms with E-state index >= 15 is 0 Å². The van der Waals surface area contributed by atoms with Crippen molar-refractivity contribution in [3.05, 3.63) is 0 Å². The molecule has 0 radical (unpaired) electrons. The van der Waals surface area contributed by atoms with E-state index in [4.69, 9.17) is 5.73 Å². The Bertz CT molecular complexity index is 636. The van der Waals surface area contributed by atoms with Crippen molar-refractivity contribution >= 4 is 27.7 Å². The van der Waals surface area contributed by atoms with E-state index in [1.807, 2.05) is 0 Å². The summed E-state index contributed by atoms with van der Waals surface area (Å²) >= 11 is 0. The average Bonchev–Trinajstić information content (AvgIpc) is 2.70. The molecule has 0 fully saturated rings. The summed E-state index contributed by atoms with van der Waals surface area (Å²) < 4.78 is 31.6. The lowest BCUT2D eigenvalue weighted by atomic mass is 9.99. The molecule has 0 saturated carbocycles. The predicted molar refractivity (Wildman–Crippen MR) is 122 cm³/mol. The lowest BCUT2D eigenvalue weighted by molar-refractivity contribution is -0.146. The van der Waals surface area contributed by atoms with Gasteiger partial charge in [-0.05, 0) is 6.42 Å². The molecule has 0 saturated heterocycles. The van der Waals surface area contributed by atoms with Crippen LogP contribution in [0.1, 0.15) is 97.3 Å². The van der Waals surface area contributed by atoms with Gasteiger partial charge in [0.05, 0.1) is 24.8 Å². The van der Waals surface area contributed by atoms with Gasteiger partial charge in [0.15, 0.2) is 5.78 Å². The number of amides is 1. The Kier molecular flexibility index (Phi) is 16.3. The van der Waals surface area contributed by atoms with Crippen LogP contribution in [0.2, 0.25) is 0 Å². The first-order valence-corrected chi connectivity index (χ1v) is 13.2. The van der Waals surface area contributed by atoms with E-state index < -0.39 is 46.1 Å². The highest BCUT2D eigenvalue weighted by Crippen LogP contribution is 2.13. The summed E-state index contributed by atoms with van der Waals surface area (Å²) in [6.45, 7) is 3.71. The van der Waals surface area contributed by atoms with Crippen molar-refractivity contribution in [2.45, 2.75) is 103 Å². The molecule has 0 bridgehead atoms. The van der Waals surface area contributed by atoms with Gasteiger partial charge in [0.2, 0.25) is 15.9 Å². The molecule has 0 aliphatic rings. The Hall–Kier alpha value is -1.48. The maximum absolute atomic E-state index is 12.4. The Labute approximate surface area is 188 Å². The number of nitrogens with one attached hydrogen (secondary N) is 1. The predicted octanol–water partition coefficient (Wildman–Crippen LogP) is 3.23. The van der Waals surface area contributed by atoms with Gasteiger partial charge in [-0.2, -0.15) is 0 Å². The summed E-state index contributed by atoms with van der Waals surface area (Å²) in [5.74, 6) is -2.77. The maximum atomic E-state index is 12.4. The normalized spacial score (nSPS) is 13.5. The minimum absolute atomic E-state index is 0.112. The number of primary amides is 1. The first-order valence-electron chi connectivity index (χ1n) is 11.5. The largest absolute Gasteiger partial charge is 0.469 e. The Morgan fingerprint density at radius 3 is 1.81 bits per heavy atom. The van der Waals surface area contributed by atoms with E-state index in [1.165, 1.54) is 59.0 Å². The minimum Gasteiger partial charge on any atom is -0.469 e. The summed E-state index contributed by atoms with van der Waals surface area (Å²) in [6, 6.07) is -1.26. The number of Topliss-reactive ketones (excluding diaryl/α,β-unsaturated/α-hetero) is 1. The number of carbonyl (C=O) groups excluding carboxylic acids is 3. The first-order chi connectivity index (χ1) is 14.6. The molecule has 9 heteroatoms. The Morgan fingerprint density at radius 2 is 1.35 bits per heavy atom. The SMILES string of the molecule is CCCCCCCCCCCCCS(=O)(=O)N[C@H](CC(N)=O)C(=O)C[C@@H](C)C(=O)OC. The summed E-state index contributed by atoms with van der Waals surface area (Å²) in [5.41, 5.74) is 5.16. The minimum atomic E-state index is -3.74. The molecular formula is C22H42N2O6S. The van der Waals surface area contributed by atoms with Gasteiger partial charge in [0.25, 0.3) is 0 Å². The van der Waals surface area contributed by atoms with Crippen LogP contribution in [0, 0.1) is 5.92 Å².